The molecule has 1 aliphatic rings. The molecule has 1 aromatic rings. The van der Waals surface area contributed by atoms with Crippen molar-refractivity contribution in [3.63, 3.8) is 0 Å². The molecule has 1 aromatic carbocycles. The highest BCUT2D eigenvalue weighted by molar-refractivity contribution is 5.41. The van der Waals surface area contributed by atoms with Gasteiger partial charge in [0.05, 0.1) is 7.11 Å². The summed E-state index contributed by atoms with van der Waals surface area (Å²) in [7, 11) is 1.72. The lowest BCUT2D eigenvalue weighted by molar-refractivity contribution is 0.409. The number of ether oxygens (including phenoxy) is 1. The summed E-state index contributed by atoms with van der Waals surface area (Å²) in [4.78, 5) is 0. The Morgan fingerprint density at radius 1 is 1.50 bits per heavy atom. The van der Waals surface area contributed by atoms with Crippen LogP contribution in [0.4, 0.5) is 0 Å². The Morgan fingerprint density at radius 3 is 2.83 bits per heavy atom. The Morgan fingerprint density at radius 2 is 2.25 bits per heavy atom. The number of rotatable bonds is 2. The molecule has 0 amide bonds. The third-order valence-electron chi connectivity index (χ3n) is 2.17. The van der Waals surface area contributed by atoms with Gasteiger partial charge in [0.1, 0.15) is 5.75 Å². The van der Waals surface area contributed by atoms with Crippen LogP contribution in [-0.2, 0) is 0 Å². The fourth-order valence-corrected chi connectivity index (χ4v) is 1.40. The lowest BCUT2D eigenvalue weighted by Crippen LogP contribution is -1.92. The summed E-state index contributed by atoms with van der Waals surface area (Å²) >= 11 is 0. The van der Waals surface area contributed by atoms with Crippen LogP contribution in [0.5, 0.6) is 5.75 Å². The minimum absolute atomic E-state index is 0.528. The van der Waals surface area contributed by atoms with Gasteiger partial charge in [0.15, 0.2) is 0 Å². The first kappa shape index (κ1) is 7.62. The first-order valence-corrected chi connectivity index (χ1v) is 4.19. The van der Waals surface area contributed by atoms with Crippen molar-refractivity contribution in [1.82, 2.24) is 5.32 Å². The minimum Gasteiger partial charge on any atom is -0.496 e. The molecule has 0 unspecified atom stereocenters. The molecule has 0 spiro atoms. The van der Waals surface area contributed by atoms with Crippen molar-refractivity contribution in [3.05, 3.63) is 29.3 Å². The zero-order chi connectivity index (χ0) is 8.55. The van der Waals surface area contributed by atoms with Crippen molar-refractivity contribution in [2.24, 2.45) is 0 Å². The third-order valence-corrected chi connectivity index (χ3v) is 2.17. The second-order valence-electron chi connectivity index (χ2n) is 3.21. The summed E-state index contributed by atoms with van der Waals surface area (Å²) in [6.07, 6.45) is 0. The molecule has 1 heterocycles. The Kier molecular flexibility index (Phi) is 1.77. The molecular weight excluding hydrogens is 150 g/mol. The van der Waals surface area contributed by atoms with Gasteiger partial charge < -0.3 is 10.1 Å². The van der Waals surface area contributed by atoms with E-state index in [4.69, 9.17) is 4.74 Å². The Hall–Kier alpha value is -1.02. The first-order valence-electron chi connectivity index (χ1n) is 4.19. The third kappa shape index (κ3) is 1.30. The van der Waals surface area contributed by atoms with Gasteiger partial charge in [0.25, 0.3) is 0 Å². The van der Waals surface area contributed by atoms with Gasteiger partial charge in [0, 0.05) is 18.2 Å². The number of hydrogen-bond acceptors (Lipinski definition) is 2. The summed E-state index contributed by atoms with van der Waals surface area (Å²) in [6.45, 7) is 3.19. The van der Waals surface area contributed by atoms with Gasteiger partial charge in [-0.15, -0.1) is 0 Å². The molecule has 0 aromatic heterocycles. The van der Waals surface area contributed by atoms with E-state index in [0.717, 1.165) is 12.3 Å². The molecule has 0 radical (unpaired) electrons. The fraction of sp³-hybridized carbons (Fsp3) is 0.400. The number of aryl methyl sites for hydroxylation is 1. The largest absolute Gasteiger partial charge is 0.496 e. The van der Waals surface area contributed by atoms with Crippen LogP contribution >= 0.6 is 0 Å². The molecule has 2 heteroatoms. The quantitative estimate of drug-likeness (QED) is 0.672. The Labute approximate surface area is 72.5 Å². The van der Waals surface area contributed by atoms with Crippen molar-refractivity contribution >= 4 is 0 Å². The summed E-state index contributed by atoms with van der Waals surface area (Å²) < 4.78 is 5.26. The molecule has 1 saturated heterocycles. The summed E-state index contributed by atoms with van der Waals surface area (Å²) in [6, 6.07) is 6.82. The second-order valence-corrected chi connectivity index (χ2v) is 3.21. The zero-order valence-corrected chi connectivity index (χ0v) is 7.42. The zero-order valence-electron chi connectivity index (χ0n) is 7.42. The Bertz CT molecular complexity index is 292. The highest BCUT2D eigenvalue weighted by atomic mass is 16.5. The SMILES string of the molecule is COc1ccc(C)cc1[C@H]1CN1. The van der Waals surface area contributed by atoms with E-state index in [1.165, 1.54) is 11.1 Å². The summed E-state index contributed by atoms with van der Waals surface area (Å²) in [5, 5.41) is 3.27. The van der Waals surface area contributed by atoms with Gasteiger partial charge in [-0.2, -0.15) is 0 Å². The minimum atomic E-state index is 0.528. The van der Waals surface area contributed by atoms with Gasteiger partial charge in [-0.1, -0.05) is 17.7 Å². The smallest absolute Gasteiger partial charge is 0.123 e. The van der Waals surface area contributed by atoms with Crippen LogP contribution in [0.1, 0.15) is 17.2 Å². The second kappa shape index (κ2) is 2.79. The fourth-order valence-electron chi connectivity index (χ4n) is 1.40. The monoisotopic (exact) mass is 163 g/mol. The van der Waals surface area contributed by atoms with Gasteiger partial charge in [-0.3, -0.25) is 0 Å². The average molecular weight is 163 g/mol. The van der Waals surface area contributed by atoms with E-state index in [1.807, 2.05) is 6.07 Å². The maximum Gasteiger partial charge on any atom is 0.123 e. The predicted molar refractivity (Wildman–Crippen MR) is 48.5 cm³/mol. The maximum atomic E-state index is 5.26. The van der Waals surface area contributed by atoms with Crippen molar-refractivity contribution in [1.29, 1.82) is 0 Å². The normalized spacial score (nSPS) is 20.7. The van der Waals surface area contributed by atoms with Crippen molar-refractivity contribution in [2.75, 3.05) is 13.7 Å². The molecule has 1 atom stereocenters. The van der Waals surface area contributed by atoms with Crippen LogP contribution in [0.2, 0.25) is 0 Å². The molecule has 12 heavy (non-hydrogen) atoms. The molecule has 2 nitrogen and oxygen atoms in total. The van der Waals surface area contributed by atoms with Crippen LogP contribution in [-0.4, -0.2) is 13.7 Å². The maximum absolute atomic E-state index is 5.26. The molecule has 0 aliphatic carbocycles. The summed E-state index contributed by atoms with van der Waals surface area (Å²) in [5.41, 5.74) is 2.58. The molecule has 1 aliphatic heterocycles. The molecule has 0 saturated carbocycles. The van der Waals surface area contributed by atoms with E-state index in [0.29, 0.717) is 6.04 Å². The van der Waals surface area contributed by atoms with Crippen LogP contribution in [0.25, 0.3) is 0 Å². The molecule has 1 fully saturated rings. The van der Waals surface area contributed by atoms with E-state index in [9.17, 15) is 0 Å². The van der Waals surface area contributed by atoms with E-state index in [1.54, 1.807) is 7.11 Å². The van der Waals surface area contributed by atoms with Gasteiger partial charge in [-0.05, 0) is 13.0 Å². The topological polar surface area (TPSA) is 31.2 Å². The molecule has 2 rings (SSSR count). The van der Waals surface area contributed by atoms with E-state index >= 15 is 0 Å². The lowest BCUT2D eigenvalue weighted by atomic mass is 10.1. The van der Waals surface area contributed by atoms with Crippen molar-refractivity contribution in [3.8, 4) is 5.75 Å². The van der Waals surface area contributed by atoms with E-state index in [-0.39, 0.29) is 0 Å². The molecule has 0 bridgehead atoms. The highest BCUT2D eigenvalue weighted by Gasteiger charge is 2.25. The number of nitrogens with one attached hydrogen (secondary N) is 1. The van der Waals surface area contributed by atoms with Gasteiger partial charge in [0.2, 0.25) is 0 Å². The van der Waals surface area contributed by atoms with Crippen molar-refractivity contribution < 1.29 is 4.74 Å². The Balaban J connectivity index is 2.39. The predicted octanol–water partition coefficient (Wildman–Crippen LogP) is 1.65. The van der Waals surface area contributed by atoms with Crippen LogP contribution < -0.4 is 10.1 Å². The van der Waals surface area contributed by atoms with Crippen LogP contribution in [0.3, 0.4) is 0 Å². The van der Waals surface area contributed by atoms with E-state index in [2.05, 4.69) is 24.4 Å². The lowest BCUT2D eigenvalue weighted by Gasteiger charge is -2.06. The van der Waals surface area contributed by atoms with Crippen LogP contribution in [0, 0.1) is 6.92 Å². The number of hydrogen-bond donors (Lipinski definition) is 1. The van der Waals surface area contributed by atoms with Crippen molar-refractivity contribution in [2.45, 2.75) is 13.0 Å². The number of methoxy groups -OCH3 is 1. The molecular formula is C10H13NO. The standard InChI is InChI=1S/C10H13NO/c1-7-3-4-10(12-2)8(5-7)9-6-11-9/h3-5,9,11H,6H2,1-2H3/t9-/m1/s1. The first-order chi connectivity index (χ1) is 5.81. The van der Waals surface area contributed by atoms with E-state index < -0.39 is 0 Å². The molecule has 64 valence electrons. The number of benzene rings is 1. The molecule has 1 N–H and O–H groups in total. The van der Waals surface area contributed by atoms with Gasteiger partial charge >= 0.3 is 0 Å². The average Bonchev–Trinajstić information content (AvgIpc) is 2.87. The van der Waals surface area contributed by atoms with Gasteiger partial charge in [-0.25, -0.2) is 0 Å². The van der Waals surface area contributed by atoms with Crippen LogP contribution in [0.15, 0.2) is 18.2 Å². The summed E-state index contributed by atoms with van der Waals surface area (Å²) in [5.74, 6) is 0.996. The highest BCUT2D eigenvalue weighted by Crippen LogP contribution is 2.30.